The normalized spacial score (nSPS) is 12.0. The van der Waals surface area contributed by atoms with Crippen molar-refractivity contribution in [2.75, 3.05) is 24.3 Å². The van der Waals surface area contributed by atoms with Crippen LogP contribution in [0.1, 0.15) is 37.6 Å². The third kappa shape index (κ3) is 3.12. The fraction of sp³-hybridized carbons (Fsp3) is 0.538. The van der Waals surface area contributed by atoms with E-state index in [9.17, 15) is 4.79 Å². The summed E-state index contributed by atoms with van der Waals surface area (Å²) in [6.07, 6.45) is 2.50. The Bertz CT molecular complexity index is 421. The van der Waals surface area contributed by atoms with E-state index >= 15 is 0 Å². The van der Waals surface area contributed by atoms with Crippen molar-refractivity contribution in [1.82, 2.24) is 4.98 Å². The van der Waals surface area contributed by atoms with E-state index in [-0.39, 0.29) is 0 Å². The molecule has 0 fully saturated rings. The number of aromatic nitrogens is 1. The largest absolute Gasteiger partial charge is 0.462 e. The van der Waals surface area contributed by atoms with Crippen LogP contribution in [0.25, 0.3) is 0 Å². The van der Waals surface area contributed by atoms with Gasteiger partial charge in [-0.1, -0.05) is 6.92 Å². The second-order valence-corrected chi connectivity index (χ2v) is 4.22. The molecule has 1 atom stereocenters. The van der Waals surface area contributed by atoms with Crippen molar-refractivity contribution in [1.29, 1.82) is 0 Å². The van der Waals surface area contributed by atoms with Gasteiger partial charge in [0.25, 0.3) is 0 Å². The van der Waals surface area contributed by atoms with E-state index in [1.807, 2.05) is 11.9 Å². The SMILES string of the molecule is CCOC(=O)c1cc(N(C)C(C)CC)ncc1N. The Balaban J connectivity index is 3.03. The minimum atomic E-state index is -0.406. The summed E-state index contributed by atoms with van der Waals surface area (Å²) in [5.74, 6) is 0.317. The molecule has 1 aromatic heterocycles. The van der Waals surface area contributed by atoms with Crippen LogP contribution in [0.5, 0.6) is 0 Å². The van der Waals surface area contributed by atoms with E-state index in [1.165, 1.54) is 6.20 Å². The molecule has 5 heteroatoms. The first-order valence-corrected chi connectivity index (χ1v) is 6.16. The minimum absolute atomic E-state index is 0.330. The number of hydrogen-bond donors (Lipinski definition) is 1. The van der Waals surface area contributed by atoms with Gasteiger partial charge in [0.1, 0.15) is 5.82 Å². The van der Waals surface area contributed by atoms with Gasteiger partial charge in [-0.3, -0.25) is 0 Å². The van der Waals surface area contributed by atoms with Crippen molar-refractivity contribution >= 4 is 17.5 Å². The molecule has 0 spiro atoms. The molecule has 0 aliphatic carbocycles. The summed E-state index contributed by atoms with van der Waals surface area (Å²) in [6.45, 7) is 6.30. The number of nitrogens with zero attached hydrogens (tertiary/aromatic N) is 2. The molecule has 0 aromatic carbocycles. The van der Waals surface area contributed by atoms with Crippen molar-refractivity contribution in [3.63, 3.8) is 0 Å². The smallest absolute Gasteiger partial charge is 0.340 e. The van der Waals surface area contributed by atoms with Gasteiger partial charge in [0.05, 0.1) is 24.1 Å². The highest BCUT2D eigenvalue weighted by Gasteiger charge is 2.16. The van der Waals surface area contributed by atoms with Crippen LogP contribution in [0.2, 0.25) is 0 Å². The number of ether oxygens (including phenoxy) is 1. The zero-order chi connectivity index (χ0) is 13.7. The Labute approximate surface area is 108 Å². The number of hydrogen-bond acceptors (Lipinski definition) is 5. The van der Waals surface area contributed by atoms with Crippen LogP contribution in [0.3, 0.4) is 0 Å². The van der Waals surface area contributed by atoms with E-state index in [0.29, 0.717) is 23.9 Å². The molecule has 0 bridgehead atoms. The van der Waals surface area contributed by atoms with Crippen LogP contribution in [-0.2, 0) is 4.74 Å². The van der Waals surface area contributed by atoms with Crippen molar-refractivity contribution in [2.45, 2.75) is 33.2 Å². The second kappa shape index (κ2) is 6.23. The molecule has 0 radical (unpaired) electrons. The molecule has 18 heavy (non-hydrogen) atoms. The quantitative estimate of drug-likeness (QED) is 0.811. The number of rotatable bonds is 5. The maximum Gasteiger partial charge on any atom is 0.340 e. The lowest BCUT2D eigenvalue weighted by atomic mass is 10.2. The first kappa shape index (κ1) is 14.3. The van der Waals surface area contributed by atoms with Gasteiger partial charge in [-0.05, 0) is 26.3 Å². The van der Waals surface area contributed by atoms with Crippen molar-refractivity contribution in [3.8, 4) is 0 Å². The molecular formula is C13H21N3O2. The first-order chi connectivity index (χ1) is 8.51. The van der Waals surface area contributed by atoms with Crippen molar-refractivity contribution in [3.05, 3.63) is 17.8 Å². The summed E-state index contributed by atoms with van der Waals surface area (Å²) in [5, 5.41) is 0. The summed E-state index contributed by atoms with van der Waals surface area (Å²) >= 11 is 0. The van der Waals surface area contributed by atoms with Gasteiger partial charge in [0.15, 0.2) is 0 Å². The maximum absolute atomic E-state index is 11.7. The van der Waals surface area contributed by atoms with Gasteiger partial charge in [0.2, 0.25) is 0 Å². The van der Waals surface area contributed by atoms with E-state index in [1.54, 1.807) is 13.0 Å². The second-order valence-electron chi connectivity index (χ2n) is 4.22. The number of carbonyl (C=O) groups is 1. The molecule has 0 aliphatic rings. The molecule has 1 aromatic rings. The standard InChI is InChI=1S/C13H21N3O2/c1-5-9(3)16(4)12-7-10(11(14)8-15-12)13(17)18-6-2/h7-9H,5-6,14H2,1-4H3. The Kier molecular flexibility index (Phi) is 4.95. The summed E-state index contributed by atoms with van der Waals surface area (Å²) in [6, 6.07) is 2.02. The van der Waals surface area contributed by atoms with Gasteiger partial charge in [-0.15, -0.1) is 0 Å². The van der Waals surface area contributed by atoms with Crippen LogP contribution in [-0.4, -0.2) is 30.6 Å². The number of carbonyl (C=O) groups excluding carboxylic acids is 1. The topological polar surface area (TPSA) is 68.5 Å². The molecule has 1 unspecified atom stereocenters. The van der Waals surface area contributed by atoms with E-state index < -0.39 is 5.97 Å². The fourth-order valence-electron chi connectivity index (χ4n) is 1.53. The summed E-state index contributed by atoms with van der Waals surface area (Å²) < 4.78 is 4.97. The maximum atomic E-state index is 11.7. The van der Waals surface area contributed by atoms with E-state index in [0.717, 1.165) is 12.2 Å². The third-order valence-electron chi connectivity index (χ3n) is 3.03. The van der Waals surface area contributed by atoms with Gasteiger partial charge in [0, 0.05) is 13.1 Å². The molecule has 0 saturated heterocycles. The van der Waals surface area contributed by atoms with Crippen LogP contribution < -0.4 is 10.6 Å². The molecule has 2 N–H and O–H groups in total. The highest BCUT2D eigenvalue weighted by Crippen LogP contribution is 2.20. The Hall–Kier alpha value is -1.78. The number of pyridine rings is 1. The lowest BCUT2D eigenvalue weighted by Crippen LogP contribution is -2.29. The molecule has 0 amide bonds. The highest BCUT2D eigenvalue weighted by atomic mass is 16.5. The minimum Gasteiger partial charge on any atom is -0.462 e. The molecule has 0 saturated carbocycles. The Morgan fingerprint density at radius 1 is 1.56 bits per heavy atom. The predicted molar refractivity (Wildman–Crippen MR) is 72.8 cm³/mol. The highest BCUT2D eigenvalue weighted by molar-refractivity contribution is 5.95. The average molecular weight is 251 g/mol. The third-order valence-corrected chi connectivity index (χ3v) is 3.03. The average Bonchev–Trinajstić information content (AvgIpc) is 2.37. The molecule has 100 valence electrons. The lowest BCUT2D eigenvalue weighted by Gasteiger charge is -2.25. The Morgan fingerprint density at radius 2 is 2.22 bits per heavy atom. The summed E-state index contributed by atoms with van der Waals surface area (Å²) in [5.41, 5.74) is 6.46. The van der Waals surface area contributed by atoms with Crippen LogP contribution in [0.15, 0.2) is 12.3 Å². The van der Waals surface area contributed by atoms with Gasteiger partial charge in [-0.25, -0.2) is 9.78 Å². The van der Waals surface area contributed by atoms with Gasteiger partial charge >= 0.3 is 5.97 Å². The van der Waals surface area contributed by atoms with E-state index in [4.69, 9.17) is 10.5 Å². The van der Waals surface area contributed by atoms with Crippen molar-refractivity contribution < 1.29 is 9.53 Å². The zero-order valence-corrected chi connectivity index (χ0v) is 11.4. The zero-order valence-electron chi connectivity index (χ0n) is 11.4. The molecule has 5 nitrogen and oxygen atoms in total. The molecular weight excluding hydrogens is 230 g/mol. The number of anilines is 2. The fourth-order valence-corrected chi connectivity index (χ4v) is 1.53. The summed E-state index contributed by atoms with van der Waals surface area (Å²) in [7, 11) is 1.95. The lowest BCUT2D eigenvalue weighted by molar-refractivity contribution is 0.0527. The van der Waals surface area contributed by atoms with E-state index in [2.05, 4.69) is 18.8 Å². The number of nitrogens with two attached hydrogens (primary N) is 1. The van der Waals surface area contributed by atoms with Crippen LogP contribution in [0.4, 0.5) is 11.5 Å². The van der Waals surface area contributed by atoms with Crippen LogP contribution in [0, 0.1) is 0 Å². The molecule has 1 heterocycles. The predicted octanol–water partition coefficient (Wildman–Crippen LogP) is 2.08. The first-order valence-electron chi connectivity index (χ1n) is 6.16. The van der Waals surface area contributed by atoms with Crippen molar-refractivity contribution in [2.24, 2.45) is 0 Å². The molecule has 0 aliphatic heterocycles. The van der Waals surface area contributed by atoms with Gasteiger partial charge in [-0.2, -0.15) is 0 Å². The van der Waals surface area contributed by atoms with Gasteiger partial charge < -0.3 is 15.4 Å². The Morgan fingerprint density at radius 3 is 2.78 bits per heavy atom. The number of nitrogen functional groups attached to an aromatic ring is 1. The molecule has 1 rings (SSSR count). The number of esters is 1. The monoisotopic (exact) mass is 251 g/mol. The van der Waals surface area contributed by atoms with Crippen LogP contribution >= 0.6 is 0 Å². The summed E-state index contributed by atoms with van der Waals surface area (Å²) in [4.78, 5) is 18.0.